The molecule has 4 heteroatoms. The number of rotatable bonds is 4. The van der Waals surface area contributed by atoms with Crippen LogP contribution in [0.4, 0.5) is 0 Å². The summed E-state index contributed by atoms with van der Waals surface area (Å²) >= 11 is 1.69. The highest BCUT2D eigenvalue weighted by atomic mass is 32.1. The number of thiazole rings is 1. The van der Waals surface area contributed by atoms with Gasteiger partial charge in [0.05, 0.1) is 16.7 Å². The Kier molecular flexibility index (Phi) is 3.59. The van der Waals surface area contributed by atoms with Gasteiger partial charge in [0.15, 0.2) is 0 Å². The van der Waals surface area contributed by atoms with Gasteiger partial charge in [0, 0.05) is 17.2 Å². The van der Waals surface area contributed by atoms with Crippen molar-refractivity contribution in [2.24, 2.45) is 0 Å². The van der Waals surface area contributed by atoms with Crippen molar-refractivity contribution in [1.29, 1.82) is 0 Å². The van der Waals surface area contributed by atoms with Gasteiger partial charge < -0.3 is 9.73 Å². The first kappa shape index (κ1) is 13.3. The molecule has 0 radical (unpaired) electrons. The topological polar surface area (TPSA) is 38.1 Å². The summed E-state index contributed by atoms with van der Waals surface area (Å²) < 4.78 is 6.04. The number of nitrogens with zero attached hydrogens (tertiary/aromatic N) is 1. The molecule has 20 heavy (non-hydrogen) atoms. The van der Waals surface area contributed by atoms with Crippen molar-refractivity contribution in [2.75, 3.05) is 7.05 Å². The predicted molar refractivity (Wildman–Crippen MR) is 83.3 cm³/mol. The first-order valence-electron chi connectivity index (χ1n) is 6.74. The molecule has 1 unspecified atom stereocenters. The van der Waals surface area contributed by atoms with Gasteiger partial charge in [-0.25, -0.2) is 4.98 Å². The molecule has 2 heterocycles. The number of aromatic nitrogens is 1. The largest absolute Gasteiger partial charge is 0.459 e. The number of aryl methyl sites for hydroxylation is 2. The molecule has 0 saturated heterocycles. The van der Waals surface area contributed by atoms with Crippen LogP contribution in [0, 0.1) is 13.8 Å². The number of para-hydroxylation sites is 1. The lowest BCUT2D eigenvalue weighted by Crippen LogP contribution is -2.18. The molecule has 0 aliphatic rings. The number of hydrogen-bond acceptors (Lipinski definition) is 4. The number of furan rings is 1. The monoisotopic (exact) mass is 286 g/mol. The van der Waals surface area contributed by atoms with Gasteiger partial charge >= 0.3 is 0 Å². The van der Waals surface area contributed by atoms with Gasteiger partial charge in [0.25, 0.3) is 0 Å². The molecule has 1 aromatic carbocycles. The number of hydrogen-bond donors (Lipinski definition) is 1. The summed E-state index contributed by atoms with van der Waals surface area (Å²) in [7, 11) is 1.96. The minimum Gasteiger partial charge on any atom is -0.459 e. The molecule has 0 amide bonds. The van der Waals surface area contributed by atoms with Gasteiger partial charge in [-0.2, -0.15) is 0 Å². The van der Waals surface area contributed by atoms with E-state index < -0.39 is 0 Å². The summed E-state index contributed by atoms with van der Waals surface area (Å²) in [5.74, 6) is 0.974. The Hall–Kier alpha value is -1.65. The van der Waals surface area contributed by atoms with E-state index in [1.807, 2.05) is 14.0 Å². The number of fused-ring (bicyclic) bond motifs is 1. The van der Waals surface area contributed by atoms with Crippen LogP contribution in [0.5, 0.6) is 0 Å². The van der Waals surface area contributed by atoms with Gasteiger partial charge in [0.1, 0.15) is 11.3 Å². The van der Waals surface area contributed by atoms with E-state index in [9.17, 15) is 0 Å². The second kappa shape index (κ2) is 5.38. The number of likely N-dealkylation sites (N-methyl/N-ethyl adjacent to an activating group) is 1. The van der Waals surface area contributed by atoms with Gasteiger partial charge in [0.2, 0.25) is 0 Å². The Balaban J connectivity index is 1.92. The molecule has 0 spiro atoms. The van der Waals surface area contributed by atoms with Crippen molar-refractivity contribution in [3.8, 4) is 0 Å². The van der Waals surface area contributed by atoms with Crippen LogP contribution in [0.15, 0.2) is 34.1 Å². The lowest BCUT2D eigenvalue weighted by atomic mass is 10.1. The van der Waals surface area contributed by atoms with Gasteiger partial charge in [-0.15, -0.1) is 11.3 Å². The first-order valence-corrected chi connectivity index (χ1v) is 7.62. The third-order valence-corrected chi connectivity index (χ3v) is 4.35. The van der Waals surface area contributed by atoms with E-state index >= 15 is 0 Å². The maximum Gasteiger partial charge on any atom is 0.137 e. The van der Waals surface area contributed by atoms with Crippen LogP contribution >= 0.6 is 11.3 Å². The Bertz CT molecular complexity index is 729. The molecule has 0 aliphatic heterocycles. The fourth-order valence-corrected chi connectivity index (χ4v) is 3.08. The molecule has 1 atom stereocenters. The fourth-order valence-electron chi connectivity index (χ4n) is 2.46. The van der Waals surface area contributed by atoms with Gasteiger partial charge in [-0.3, -0.25) is 0 Å². The molecule has 0 bridgehead atoms. The molecule has 3 aromatic rings. The van der Waals surface area contributed by atoms with E-state index in [1.165, 1.54) is 5.56 Å². The summed E-state index contributed by atoms with van der Waals surface area (Å²) in [6.07, 6.45) is 0.847. The fraction of sp³-hybridized carbons (Fsp3) is 0.312. The van der Waals surface area contributed by atoms with Crippen LogP contribution in [0.3, 0.4) is 0 Å². The maximum absolute atomic E-state index is 6.04. The van der Waals surface area contributed by atoms with Crippen LogP contribution in [-0.4, -0.2) is 12.0 Å². The van der Waals surface area contributed by atoms with E-state index in [0.29, 0.717) is 0 Å². The average Bonchev–Trinajstić information content (AvgIpc) is 3.03. The van der Waals surface area contributed by atoms with Crippen molar-refractivity contribution in [1.82, 2.24) is 10.3 Å². The van der Waals surface area contributed by atoms with Crippen molar-refractivity contribution in [2.45, 2.75) is 26.3 Å². The predicted octanol–water partition coefficient (Wildman–Crippen LogP) is 4.01. The van der Waals surface area contributed by atoms with Crippen LogP contribution < -0.4 is 5.32 Å². The van der Waals surface area contributed by atoms with Crippen LogP contribution in [0.2, 0.25) is 0 Å². The summed E-state index contributed by atoms with van der Waals surface area (Å²) in [6.45, 7) is 4.11. The molecule has 1 N–H and O–H groups in total. The molecule has 0 aliphatic carbocycles. The van der Waals surface area contributed by atoms with Crippen molar-refractivity contribution >= 4 is 22.3 Å². The molecule has 0 saturated carbocycles. The Morgan fingerprint density at radius 3 is 2.85 bits per heavy atom. The van der Waals surface area contributed by atoms with E-state index in [0.717, 1.165) is 33.9 Å². The quantitative estimate of drug-likeness (QED) is 0.787. The van der Waals surface area contributed by atoms with Crippen LogP contribution in [0.25, 0.3) is 11.0 Å². The van der Waals surface area contributed by atoms with E-state index in [1.54, 1.807) is 11.3 Å². The van der Waals surface area contributed by atoms with E-state index in [2.05, 4.69) is 46.9 Å². The number of benzene rings is 1. The van der Waals surface area contributed by atoms with Crippen LogP contribution in [0.1, 0.15) is 28.1 Å². The third-order valence-electron chi connectivity index (χ3n) is 3.53. The van der Waals surface area contributed by atoms with Crippen molar-refractivity contribution in [3.63, 3.8) is 0 Å². The zero-order chi connectivity index (χ0) is 14.1. The molecule has 3 rings (SSSR count). The molecule has 2 aromatic heterocycles. The van der Waals surface area contributed by atoms with Crippen LogP contribution in [-0.2, 0) is 6.42 Å². The second-order valence-corrected chi connectivity index (χ2v) is 6.11. The average molecular weight is 286 g/mol. The Morgan fingerprint density at radius 2 is 2.20 bits per heavy atom. The minimum absolute atomic E-state index is 0.156. The third kappa shape index (κ3) is 2.49. The molecular formula is C16H18N2OS. The molecule has 0 fully saturated rings. The molecular weight excluding hydrogens is 268 g/mol. The molecule has 104 valence electrons. The Labute approximate surface area is 122 Å². The zero-order valence-electron chi connectivity index (χ0n) is 11.9. The lowest BCUT2D eigenvalue weighted by molar-refractivity contribution is 0.448. The summed E-state index contributed by atoms with van der Waals surface area (Å²) in [6, 6.07) is 8.52. The van der Waals surface area contributed by atoms with Gasteiger partial charge in [-0.05, 0) is 32.5 Å². The lowest BCUT2D eigenvalue weighted by Gasteiger charge is -2.11. The maximum atomic E-state index is 6.04. The Morgan fingerprint density at radius 1 is 1.35 bits per heavy atom. The normalized spacial score (nSPS) is 12.9. The number of nitrogens with one attached hydrogen (secondary N) is 1. The highest BCUT2D eigenvalue weighted by molar-refractivity contribution is 7.09. The summed E-state index contributed by atoms with van der Waals surface area (Å²) in [5.41, 5.74) is 3.27. The highest BCUT2D eigenvalue weighted by Crippen LogP contribution is 2.28. The minimum atomic E-state index is 0.156. The van der Waals surface area contributed by atoms with Crippen molar-refractivity contribution in [3.05, 3.63) is 51.7 Å². The smallest absolute Gasteiger partial charge is 0.137 e. The summed E-state index contributed by atoms with van der Waals surface area (Å²) in [4.78, 5) is 4.53. The van der Waals surface area contributed by atoms with E-state index in [-0.39, 0.29) is 6.04 Å². The first-order chi connectivity index (χ1) is 9.67. The van der Waals surface area contributed by atoms with E-state index in [4.69, 9.17) is 4.42 Å². The SMILES string of the molecule is CNC(Cc1csc(C)n1)c1cc2cccc(C)c2o1. The molecule has 3 nitrogen and oxygen atoms in total. The standard InChI is InChI=1S/C16H18N2OS/c1-10-5-4-6-12-7-15(19-16(10)12)14(17-3)8-13-9-20-11(2)18-13/h4-7,9,14,17H,8H2,1-3H3. The zero-order valence-corrected chi connectivity index (χ0v) is 12.8. The summed E-state index contributed by atoms with van der Waals surface area (Å²) in [5, 5.41) is 7.71. The van der Waals surface area contributed by atoms with Gasteiger partial charge in [-0.1, -0.05) is 18.2 Å². The van der Waals surface area contributed by atoms with Crippen molar-refractivity contribution < 1.29 is 4.42 Å². The highest BCUT2D eigenvalue weighted by Gasteiger charge is 2.17. The second-order valence-electron chi connectivity index (χ2n) is 5.05.